The lowest BCUT2D eigenvalue weighted by Crippen LogP contribution is -2.52. The van der Waals surface area contributed by atoms with Crippen molar-refractivity contribution in [3.05, 3.63) is 0 Å². The van der Waals surface area contributed by atoms with E-state index in [2.05, 4.69) is 33.0 Å². The van der Waals surface area contributed by atoms with E-state index in [1.807, 2.05) is 0 Å². The van der Waals surface area contributed by atoms with Crippen molar-refractivity contribution in [1.82, 2.24) is 5.32 Å². The van der Waals surface area contributed by atoms with Crippen LogP contribution in [0.25, 0.3) is 0 Å². The fraction of sp³-hybridized carbons (Fsp3) is 1.00. The smallest absolute Gasteiger partial charge is 0.0777 e. The first-order valence-electron chi connectivity index (χ1n) is 5.77. The first kappa shape index (κ1) is 14.9. The first-order valence-corrected chi connectivity index (χ1v) is 5.77. The van der Waals surface area contributed by atoms with Crippen LogP contribution in [-0.4, -0.2) is 39.0 Å². The number of rotatable bonds is 8. The third kappa shape index (κ3) is 4.96. The fourth-order valence-electron chi connectivity index (χ4n) is 1.95. The van der Waals surface area contributed by atoms with Crippen molar-refractivity contribution < 1.29 is 9.47 Å². The molecule has 0 rings (SSSR count). The Morgan fingerprint density at radius 3 is 2.27 bits per heavy atom. The molecule has 3 nitrogen and oxygen atoms in total. The molecule has 0 saturated heterocycles. The Morgan fingerprint density at radius 2 is 1.87 bits per heavy atom. The quantitative estimate of drug-likeness (QED) is 0.675. The van der Waals surface area contributed by atoms with Gasteiger partial charge < -0.3 is 14.8 Å². The topological polar surface area (TPSA) is 30.5 Å². The van der Waals surface area contributed by atoms with Crippen LogP contribution in [0.15, 0.2) is 0 Å². The normalized spacial score (nSPS) is 16.4. The second-order valence-electron chi connectivity index (χ2n) is 4.60. The van der Waals surface area contributed by atoms with Crippen LogP contribution in [0.2, 0.25) is 0 Å². The number of ether oxygens (including phenoxy) is 2. The van der Waals surface area contributed by atoms with Gasteiger partial charge in [0, 0.05) is 26.9 Å². The molecule has 2 atom stereocenters. The third-order valence-corrected chi connectivity index (χ3v) is 3.05. The predicted octanol–water partition coefficient (Wildman–Crippen LogP) is 2.06. The van der Waals surface area contributed by atoms with Crippen LogP contribution in [0.4, 0.5) is 0 Å². The lowest BCUT2D eigenvalue weighted by molar-refractivity contribution is -0.0285. The zero-order valence-corrected chi connectivity index (χ0v) is 11.1. The maximum Gasteiger partial charge on any atom is 0.0777 e. The van der Waals surface area contributed by atoms with E-state index in [0.717, 1.165) is 19.6 Å². The summed E-state index contributed by atoms with van der Waals surface area (Å²) in [6, 6.07) is 0.364. The van der Waals surface area contributed by atoms with Crippen molar-refractivity contribution in [2.75, 3.05) is 27.4 Å². The zero-order valence-electron chi connectivity index (χ0n) is 11.1. The van der Waals surface area contributed by atoms with Crippen LogP contribution in [0.5, 0.6) is 0 Å². The average Bonchev–Trinajstić information content (AvgIpc) is 2.22. The van der Waals surface area contributed by atoms with E-state index in [1.165, 1.54) is 0 Å². The van der Waals surface area contributed by atoms with Gasteiger partial charge in [-0.25, -0.2) is 0 Å². The molecular formula is C12H27NO2. The van der Waals surface area contributed by atoms with Crippen LogP contribution in [0.1, 0.15) is 34.1 Å². The molecule has 0 aliphatic heterocycles. The molecule has 0 radical (unpaired) electrons. The molecule has 0 spiro atoms. The summed E-state index contributed by atoms with van der Waals surface area (Å²) in [5, 5.41) is 3.50. The molecule has 0 bridgehead atoms. The van der Waals surface area contributed by atoms with Crippen molar-refractivity contribution in [1.29, 1.82) is 0 Å². The molecule has 92 valence electrons. The molecule has 0 amide bonds. The summed E-state index contributed by atoms with van der Waals surface area (Å²) in [5.74, 6) is 0.542. The van der Waals surface area contributed by atoms with Gasteiger partial charge in [0.25, 0.3) is 0 Å². The number of hydrogen-bond acceptors (Lipinski definition) is 3. The van der Waals surface area contributed by atoms with Crippen molar-refractivity contribution in [3.8, 4) is 0 Å². The highest BCUT2D eigenvalue weighted by molar-refractivity contribution is 4.88. The summed E-state index contributed by atoms with van der Waals surface area (Å²) in [7, 11) is 3.52. The molecule has 0 aromatic carbocycles. The minimum absolute atomic E-state index is 0.136. The number of likely N-dealkylation sites (N-methyl/N-ethyl adjacent to an activating group) is 1. The van der Waals surface area contributed by atoms with Gasteiger partial charge in [0.15, 0.2) is 0 Å². The molecular weight excluding hydrogens is 190 g/mol. The summed E-state index contributed by atoms with van der Waals surface area (Å²) in [6.45, 7) is 10.4. The van der Waals surface area contributed by atoms with Gasteiger partial charge in [0.05, 0.1) is 5.60 Å². The fourth-order valence-corrected chi connectivity index (χ4v) is 1.95. The molecule has 0 aliphatic rings. The molecule has 0 fully saturated rings. The summed E-state index contributed by atoms with van der Waals surface area (Å²) < 4.78 is 10.7. The van der Waals surface area contributed by atoms with Gasteiger partial charge in [-0.15, -0.1) is 0 Å². The van der Waals surface area contributed by atoms with E-state index >= 15 is 0 Å². The van der Waals surface area contributed by atoms with E-state index in [0.29, 0.717) is 12.0 Å². The molecule has 0 aromatic heterocycles. The summed E-state index contributed by atoms with van der Waals surface area (Å²) >= 11 is 0. The van der Waals surface area contributed by atoms with Gasteiger partial charge in [0.1, 0.15) is 0 Å². The Kier molecular flexibility index (Phi) is 7.14. The maximum atomic E-state index is 5.55. The lowest BCUT2D eigenvalue weighted by atomic mass is 9.86. The standard InChI is InChI=1S/C12H27NO2/c1-7-13-11(12(3,4)15-6)10(2)8-9-14-5/h10-11,13H,7-9H2,1-6H3. The van der Waals surface area contributed by atoms with Gasteiger partial charge in [-0.1, -0.05) is 13.8 Å². The van der Waals surface area contributed by atoms with E-state index in [1.54, 1.807) is 14.2 Å². The van der Waals surface area contributed by atoms with Gasteiger partial charge >= 0.3 is 0 Å². The number of nitrogens with one attached hydrogen (secondary N) is 1. The highest BCUT2D eigenvalue weighted by atomic mass is 16.5. The van der Waals surface area contributed by atoms with E-state index in [4.69, 9.17) is 9.47 Å². The molecule has 0 aliphatic carbocycles. The summed E-state index contributed by atoms with van der Waals surface area (Å²) in [4.78, 5) is 0. The van der Waals surface area contributed by atoms with E-state index in [9.17, 15) is 0 Å². The molecule has 0 aromatic rings. The Hall–Kier alpha value is -0.120. The number of methoxy groups -OCH3 is 2. The average molecular weight is 217 g/mol. The Bertz CT molecular complexity index is 160. The summed E-state index contributed by atoms with van der Waals surface area (Å²) in [6.07, 6.45) is 1.06. The lowest BCUT2D eigenvalue weighted by Gasteiger charge is -2.37. The zero-order chi connectivity index (χ0) is 11.9. The minimum Gasteiger partial charge on any atom is -0.385 e. The van der Waals surface area contributed by atoms with Crippen molar-refractivity contribution in [2.45, 2.75) is 45.8 Å². The second-order valence-corrected chi connectivity index (χ2v) is 4.60. The molecule has 1 N–H and O–H groups in total. The SMILES string of the molecule is CCNC(C(C)CCOC)C(C)(C)OC. The highest BCUT2D eigenvalue weighted by Crippen LogP contribution is 2.22. The first-order chi connectivity index (χ1) is 6.99. The van der Waals surface area contributed by atoms with E-state index in [-0.39, 0.29) is 5.60 Å². The van der Waals surface area contributed by atoms with E-state index < -0.39 is 0 Å². The van der Waals surface area contributed by atoms with Crippen LogP contribution in [0, 0.1) is 5.92 Å². The molecule has 2 unspecified atom stereocenters. The van der Waals surface area contributed by atoms with Crippen molar-refractivity contribution in [2.24, 2.45) is 5.92 Å². The van der Waals surface area contributed by atoms with Gasteiger partial charge in [0.2, 0.25) is 0 Å². The van der Waals surface area contributed by atoms with Crippen molar-refractivity contribution in [3.63, 3.8) is 0 Å². The highest BCUT2D eigenvalue weighted by Gasteiger charge is 2.32. The Balaban J connectivity index is 4.36. The van der Waals surface area contributed by atoms with Crippen LogP contribution in [-0.2, 0) is 9.47 Å². The molecule has 3 heteroatoms. The summed E-state index contributed by atoms with van der Waals surface area (Å²) in [5.41, 5.74) is -0.136. The monoisotopic (exact) mass is 217 g/mol. The maximum absolute atomic E-state index is 5.55. The Labute approximate surface area is 94.5 Å². The predicted molar refractivity (Wildman–Crippen MR) is 64.2 cm³/mol. The van der Waals surface area contributed by atoms with Crippen LogP contribution in [0.3, 0.4) is 0 Å². The van der Waals surface area contributed by atoms with Gasteiger partial charge in [-0.05, 0) is 32.7 Å². The van der Waals surface area contributed by atoms with Crippen LogP contribution < -0.4 is 5.32 Å². The van der Waals surface area contributed by atoms with Gasteiger partial charge in [-0.3, -0.25) is 0 Å². The molecule has 0 saturated carbocycles. The number of hydrogen-bond donors (Lipinski definition) is 1. The van der Waals surface area contributed by atoms with Crippen LogP contribution >= 0.6 is 0 Å². The largest absolute Gasteiger partial charge is 0.385 e. The van der Waals surface area contributed by atoms with Crippen molar-refractivity contribution >= 4 is 0 Å². The third-order valence-electron chi connectivity index (χ3n) is 3.05. The molecule has 15 heavy (non-hydrogen) atoms. The second kappa shape index (κ2) is 7.20. The minimum atomic E-state index is -0.136. The molecule has 0 heterocycles. The van der Waals surface area contributed by atoms with Gasteiger partial charge in [-0.2, -0.15) is 0 Å². The Morgan fingerprint density at radius 1 is 1.27 bits per heavy atom.